The molecular formula is C14H23N5O2. The molecule has 1 aliphatic carbocycles. The Morgan fingerprint density at radius 2 is 2.00 bits per heavy atom. The van der Waals surface area contributed by atoms with Crippen molar-refractivity contribution in [2.75, 3.05) is 5.73 Å². The van der Waals surface area contributed by atoms with Gasteiger partial charge >= 0.3 is 0 Å². The zero-order valence-corrected chi connectivity index (χ0v) is 12.9. The molecule has 1 atom stereocenters. The highest BCUT2D eigenvalue weighted by molar-refractivity contribution is 6.00. The smallest absolute Gasteiger partial charge is 0.274 e. The molecule has 1 aliphatic rings. The molecule has 2 rings (SSSR count). The van der Waals surface area contributed by atoms with Gasteiger partial charge in [-0.3, -0.25) is 14.7 Å². The summed E-state index contributed by atoms with van der Waals surface area (Å²) in [5.41, 5.74) is 6.97. The molecule has 0 aliphatic heterocycles. The van der Waals surface area contributed by atoms with Crippen molar-refractivity contribution in [2.45, 2.75) is 58.0 Å². The molecular weight excluding hydrogens is 270 g/mol. The largest absolute Gasteiger partial charge is 0.395 e. The molecule has 1 fully saturated rings. The number of carbonyl (C=O) groups is 2. The van der Waals surface area contributed by atoms with E-state index in [1.807, 2.05) is 20.8 Å². The average molecular weight is 293 g/mol. The van der Waals surface area contributed by atoms with Crippen LogP contribution in [-0.2, 0) is 4.79 Å². The van der Waals surface area contributed by atoms with Crippen molar-refractivity contribution >= 4 is 17.5 Å². The van der Waals surface area contributed by atoms with Crippen LogP contribution in [0.15, 0.2) is 0 Å². The first-order chi connectivity index (χ1) is 9.69. The third-order valence-electron chi connectivity index (χ3n) is 3.27. The first-order valence-electron chi connectivity index (χ1n) is 7.15. The Labute approximate surface area is 124 Å². The molecule has 5 N–H and O–H groups in total. The molecule has 1 aromatic rings. The van der Waals surface area contributed by atoms with Crippen LogP contribution >= 0.6 is 0 Å². The zero-order valence-electron chi connectivity index (χ0n) is 12.9. The fourth-order valence-corrected chi connectivity index (χ4v) is 2.03. The fraction of sp³-hybridized carbons (Fsp3) is 0.643. The molecule has 21 heavy (non-hydrogen) atoms. The summed E-state index contributed by atoms with van der Waals surface area (Å²) in [5.74, 6) is -0.291. The summed E-state index contributed by atoms with van der Waals surface area (Å²) >= 11 is 0. The Hall–Kier alpha value is -2.05. The van der Waals surface area contributed by atoms with E-state index >= 15 is 0 Å². The van der Waals surface area contributed by atoms with Gasteiger partial charge in [-0.1, -0.05) is 0 Å². The maximum atomic E-state index is 12.1. The van der Waals surface area contributed by atoms with Crippen LogP contribution in [0.25, 0.3) is 0 Å². The van der Waals surface area contributed by atoms with Crippen LogP contribution in [0.2, 0.25) is 0 Å². The van der Waals surface area contributed by atoms with Crippen LogP contribution in [0.3, 0.4) is 0 Å². The molecule has 1 heterocycles. The number of nitrogens with zero attached hydrogens (tertiary/aromatic N) is 1. The third-order valence-corrected chi connectivity index (χ3v) is 3.27. The van der Waals surface area contributed by atoms with Gasteiger partial charge < -0.3 is 16.4 Å². The van der Waals surface area contributed by atoms with Crippen LogP contribution in [0, 0.1) is 0 Å². The lowest BCUT2D eigenvalue weighted by atomic mass is 10.1. The number of hydrogen-bond acceptors (Lipinski definition) is 4. The van der Waals surface area contributed by atoms with Crippen LogP contribution < -0.4 is 16.4 Å². The molecule has 0 radical (unpaired) electrons. The average Bonchev–Trinajstić information content (AvgIpc) is 3.10. The van der Waals surface area contributed by atoms with Gasteiger partial charge in [-0.05, 0) is 40.5 Å². The number of amides is 2. The number of H-pyrrole nitrogens is 1. The van der Waals surface area contributed by atoms with Gasteiger partial charge in [0.25, 0.3) is 5.91 Å². The molecule has 0 saturated heterocycles. The third kappa shape index (κ3) is 3.74. The van der Waals surface area contributed by atoms with Crippen molar-refractivity contribution in [1.82, 2.24) is 20.8 Å². The van der Waals surface area contributed by atoms with Gasteiger partial charge in [0.05, 0.1) is 11.4 Å². The minimum Gasteiger partial charge on any atom is -0.395 e. The summed E-state index contributed by atoms with van der Waals surface area (Å²) in [7, 11) is 0. The summed E-state index contributed by atoms with van der Waals surface area (Å²) in [5, 5.41) is 12.2. The highest BCUT2D eigenvalue weighted by Gasteiger charge is 2.31. The Balaban J connectivity index is 1.99. The van der Waals surface area contributed by atoms with Gasteiger partial charge in [0, 0.05) is 11.5 Å². The number of aromatic nitrogens is 2. The first kappa shape index (κ1) is 15.3. The number of hydrogen-bond donors (Lipinski definition) is 4. The van der Waals surface area contributed by atoms with Gasteiger partial charge in [0.15, 0.2) is 5.69 Å². The highest BCUT2D eigenvalue weighted by atomic mass is 16.2. The van der Waals surface area contributed by atoms with Crippen molar-refractivity contribution in [1.29, 1.82) is 0 Å². The number of aromatic amines is 1. The van der Waals surface area contributed by atoms with Crippen LogP contribution in [0.4, 0.5) is 5.69 Å². The van der Waals surface area contributed by atoms with Crippen LogP contribution in [-0.4, -0.2) is 33.6 Å². The maximum Gasteiger partial charge on any atom is 0.274 e. The second-order valence-corrected chi connectivity index (χ2v) is 6.61. The Morgan fingerprint density at radius 1 is 1.38 bits per heavy atom. The molecule has 1 unspecified atom stereocenters. The van der Waals surface area contributed by atoms with E-state index in [4.69, 9.17) is 5.73 Å². The number of anilines is 1. The van der Waals surface area contributed by atoms with Crippen LogP contribution in [0.5, 0.6) is 0 Å². The van der Waals surface area contributed by atoms with Crippen molar-refractivity contribution in [3.8, 4) is 0 Å². The second kappa shape index (κ2) is 5.38. The summed E-state index contributed by atoms with van der Waals surface area (Å²) < 4.78 is 0. The van der Waals surface area contributed by atoms with Gasteiger partial charge in [0.1, 0.15) is 6.04 Å². The number of nitrogens with one attached hydrogen (secondary N) is 3. The fourth-order valence-electron chi connectivity index (χ4n) is 2.03. The second-order valence-electron chi connectivity index (χ2n) is 6.61. The quantitative estimate of drug-likeness (QED) is 0.660. The molecule has 0 aromatic carbocycles. The molecule has 2 amide bonds. The van der Waals surface area contributed by atoms with Gasteiger partial charge in [-0.15, -0.1) is 0 Å². The van der Waals surface area contributed by atoms with Crippen molar-refractivity contribution in [3.05, 3.63) is 11.4 Å². The normalized spacial score (nSPS) is 16.4. The minimum absolute atomic E-state index is 0.160. The molecule has 1 saturated carbocycles. The van der Waals surface area contributed by atoms with Crippen molar-refractivity contribution < 1.29 is 9.59 Å². The predicted molar refractivity (Wildman–Crippen MR) is 79.8 cm³/mol. The van der Waals surface area contributed by atoms with Gasteiger partial charge in [-0.25, -0.2) is 0 Å². The lowest BCUT2D eigenvalue weighted by Crippen LogP contribution is -2.50. The van der Waals surface area contributed by atoms with E-state index in [1.54, 1.807) is 6.92 Å². The van der Waals surface area contributed by atoms with Crippen molar-refractivity contribution in [3.63, 3.8) is 0 Å². The lowest BCUT2D eigenvalue weighted by molar-refractivity contribution is -0.124. The molecule has 116 valence electrons. The van der Waals surface area contributed by atoms with E-state index in [1.165, 1.54) is 0 Å². The van der Waals surface area contributed by atoms with E-state index in [9.17, 15) is 9.59 Å². The van der Waals surface area contributed by atoms with E-state index < -0.39 is 11.9 Å². The first-order valence-corrected chi connectivity index (χ1v) is 7.15. The number of carbonyl (C=O) groups excluding carboxylic acids is 2. The number of rotatable bonds is 4. The van der Waals surface area contributed by atoms with Crippen LogP contribution in [0.1, 0.15) is 62.6 Å². The standard InChI is InChI=1S/C14H23N5O2/c1-7(12(20)17-14(2,3)4)16-13(21)11-9(15)10(18-19-11)8-5-6-8/h7-8H,5-6,15H2,1-4H3,(H,16,21)(H,17,20)(H,18,19). The van der Waals surface area contributed by atoms with Crippen molar-refractivity contribution in [2.24, 2.45) is 0 Å². The van der Waals surface area contributed by atoms with E-state index in [-0.39, 0.29) is 17.1 Å². The SMILES string of the molecule is CC(NC(=O)c1n[nH]c(C2CC2)c1N)C(=O)NC(C)(C)C. The molecule has 0 bridgehead atoms. The minimum atomic E-state index is -0.655. The zero-order chi connectivity index (χ0) is 15.8. The summed E-state index contributed by atoms with van der Waals surface area (Å²) in [6.07, 6.45) is 2.13. The van der Waals surface area contributed by atoms with E-state index in [0.29, 0.717) is 11.6 Å². The highest BCUT2D eigenvalue weighted by Crippen LogP contribution is 2.42. The maximum absolute atomic E-state index is 12.1. The summed E-state index contributed by atoms with van der Waals surface area (Å²) in [6, 6.07) is -0.655. The summed E-state index contributed by atoms with van der Waals surface area (Å²) in [4.78, 5) is 24.1. The lowest BCUT2D eigenvalue weighted by Gasteiger charge is -2.23. The monoisotopic (exact) mass is 293 g/mol. The summed E-state index contributed by atoms with van der Waals surface area (Å²) in [6.45, 7) is 7.27. The van der Waals surface area contributed by atoms with E-state index in [0.717, 1.165) is 18.5 Å². The molecule has 7 heteroatoms. The van der Waals surface area contributed by atoms with E-state index in [2.05, 4.69) is 20.8 Å². The Morgan fingerprint density at radius 3 is 2.52 bits per heavy atom. The molecule has 7 nitrogen and oxygen atoms in total. The Kier molecular flexibility index (Phi) is 3.93. The Bertz CT molecular complexity index is 554. The number of nitrogens with two attached hydrogens (primary N) is 1. The van der Waals surface area contributed by atoms with Gasteiger partial charge in [-0.2, -0.15) is 5.10 Å². The predicted octanol–water partition coefficient (Wildman–Crippen LogP) is 0.902. The van der Waals surface area contributed by atoms with Gasteiger partial charge in [0.2, 0.25) is 5.91 Å². The topological polar surface area (TPSA) is 113 Å². The molecule has 0 spiro atoms. The number of nitrogen functional groups attached to an aromatic ring is 1. The molecule has 1 aromatic heterocycles.